The minimum Gasteiger partial charge on any atom is -0.338 e. The molecule has 120 valence electrons. The fraction of sp³-hybridized carbons (Fsp3) is 0.938. The fourth-order valence-corrected chi connectivity index (χ4v) is 2.22. The topological polar surface area (TPSA) is 44.4 Å². The van der Waals surface area contributed by atoms with Crippen molar-refractivity contribution in [3.05, 3.63) is 0 Å². The molecule has 2 amide bonds. The summed E-state index contributed by atoms with van der Waals surface area (Å²) in [7, 11) is 4.02. The van der Waals surface area contributed by atoms with E-state index in [0.717, 1.165) is 13.1 Å². The lowest BCUT2D eigenvalue weighted by Gasteiger charge is -2.18. The Balaban J connectivity index is 3.82. The first-order valence-electron chi connectivity index (χ1n) is 8.26. The minimum absolute atomic E-state index is 0.0242. The molecule has 0 aromatic carbocycles. The summed E-state index contributed by atoms with van der Waals surface area (Å²) in [6.45, 7) is 6.86. The molecule has 0 bridgehead atoms. The molecule has 0 spiro atoms. The van der Waals surface area contributed by atoms with Crippen molar-refractivity contribution in [2.24, 2.45) is 5.92 Å². The van der Waals surface area contributed by atoms with E-state index in [-0.39, 0.29) is 6.03 Å². The van der Waals surface area contributed by atoms with E-state index in [9.17, 15) is 4.79 Å². The lowest BCUT2D eigenvalue weighted by Crippen LogP contribution is -2.40. The molecule has 0 saturated carbocycles. The molecule has 4 heteroatoms. The zero-order chi connectivity index (χ0) is 15.2. The smallest absolute Gasteiger partial charge is 0.314 e. The second-order valence-electron chi connectivity index (χ2n) is 5.94. The van der Waals surface area contributed by atoms with Crippen LogP contribution in [0.4, 0.5) is 4.79 Å². The van der Waals surface area contributed by atoms with E-state index in [0.29, 0.717) is 12.5 Å². The molecular formula is C16H35N3O. The van der Waals surface area contributed by atoms with E-state index in [1.165, 1.54) is 44.9 Å². The first-order chi connectivity index (χ1) is 9.60. The van der Waals surface area contributed by atoms with Gasteiger partial charge in [0.25, 0.3) is 0 Å². The van der Waals surface area contributed by atoms with Gasteiger partial charge in [0.05, 0.1) is 0 Å². The van der Waals surface area contributed by atoms with Gasteiger partial charge in [0.2, 0.25) is 0 Å². The van der Waals surface area contributed by atoms with Gasteiger partial charge in [0, 0.05) is 19.6 Å². The first-order valence-corrected chi connectivity index (χ1v) is 8.26. The first kappa shape index (κ1) is 19.2. The van der Waals surface area contributed by atoms with E-state index < -0.39 is 0 Å². The van der Waals surface area contributed by atoms with E-state index in [1.807, 2.05) is 14.1 Å². The highest BCUT2D eigenvalue weighted by Gasteiger charge is 2.09. The van der Waals surface area contributed by atoms with Gasteiger partial charge < -0.3 is 15.5 Å². The Kier molecular flexibility index (Phi) is 12.7. The molecule has 4 nitrogen and oxygen atoms in total. The van der Waals surface area contributed by atoms with Crippen LogP contribution in [0.5, 0.6) is 0 Å². The second-order valence-corrected chi connectivity index (χ2v) is 5.94. The third-order valence-corrected chi connectivity index (χ3v) is 3.58. The van der Waals surface area contributed by atoms with Crippen LogP contribution in [0, 0.1) is 5.92 Å². The monoisotopic (exact) mass is 285 g/mol. The van der Waals surface area contributed by atoms with Gasteiger partial charge in [-0.3, -0.25) is 0 Å². The van der Waals surface area contributed by atoms with Crippen LogP contribution in [0.15, 0.2) is 0 Å². The summed E-state index contributed by atoms with van der Waals surface area (Å²) in [6, 6.07) is -0.0242. The Bertz CT molecular complexity index is 232. The van der Waals surface area contributed by atoms with Crippen LogP contribution >= 0.6 is 0 Å². The molecule has 1 atom stereocenters. The number of carbonyl (C=O) groups excluding carboxylic acids is 1. The number of carbonyl (C=O) groups is 1. The van der Waals surface area contributed by atoms with Gasteiger partial charge in [-0.25, -0.2) is 4.79 Å². The maximum atomic E-state index is 11.7. The summed E-state index contributed by atoms with van der Waals surface area (Å²) < 4.78 is 0. The molecule has 0 aliphatic carbocycles. The molecule has 0 heterocycles. The van der Waals surface area contributed by atoms with Crippen molar-refractivity contribution in [2.75, 3.05) is 33.7 Å². The highest BCUT2D eigenvalue weighted by atomic mass is 16.2. The number of likely N-dealkylation sites (N-methyl/N-ethyl adjacent to an activating group) is 1. The van der Waals surface area contributed by atoms with Crippen LogP contribution in [0.25, 0.3) is 0 Å². The van der Waals surface area contributed by atoms with Gasteiger partial charge >= 0.3 is 6.03 Å². The zero-order valence-electron chi connectivity index (χ0n) is 14.0. The van der Waals surface area contributed by atoms with Crippen LogP contribution in [0.1, 0.15) is 58.8 Å². The molecule has 1 unspecified atom stereocenters. The summed E-state index contributed by atoms with van der Waals surface area (Å²) in [4.78, 5) is 13.8. The molecule has 0 radical (unpaired) electrons. The average molecular weight is 285 g/mol. The van der Waals surface area contributed by atoms with Crippen molar-refractivity contribution >= 4 is 6.03 Å². The number of nitrogens with zero attached hydrogens (tertiary/aromatic N) is 1. The maximum absolute atomic E-state index is 11.7. The van der Waals surface area contributed by atoms with E-state index in [2.05, 4.69) is 29.4 Å². The van der Waals surface area contributed by atoms with Crippen LogP contribution in [0.3, 0.4) is 0 Å². The number of hydrogen-bond donors (Lipinski definition) is 2. The summed E-state index contributed by atoms with van der Waals surface area (Å²) >= 11 is 0. The van der Waals surface area contributed by atoms with Crippen LogP contribution in [-0.4, -0.2) is 44.7 Å². The largest absolute Gasteiger partial charge is 0.338 e. The third kappa shape index (κ3) is 12.3. The normalized spacial score (nSPS) is 12.4. The lowest BCUT2D eigenvalue weighted by molar-refractivity contribution is 0.236. The van der Waals surface area contributed by atoms with E-state index in [1.54, 1.807) is 0 Å². The molecule has 0 aliphatic heterocycles. The van der Waals surface area contributed by atoms with Crippen LogP contribution in [0.2, 0.25) is 0 Å². The molecule has 0 aromatic rings. The predicted molar refractivity (Wildman–Crippen MR) is 87.1 cm³/mol. The SMILES string of the molecule is CCCCCC(CCCC)CNC(=O)NCCN(C)C. The summed E-state index contributed by atoms with van der Waals surface area (Å²) in [5, 5.41) is 5.92. The molecule has 20 heavy (non-hydrogen) atoms. The Hall–Kier alpha value is -0.770. The number of unbranched alkanes of at least 4 members (excludes halogenated alkanes) is 3. The summed E-state index contributed by atoms with van der Waals surface area (Å²) in [6.07, 6.45) is 8.83. The number of nitrogens with one attached hydrogen (secondary N) is 2. The van der Waals surface area contributed by atoms with E-state index >= 15 is 0 Å². The van der Waals surface area contributed by atoms with Gasteiger partial charge in [-0.15, -0.1) is 0 Å². The molecule has 0 rings (SSSR count). The number of hydrogen-bond acceptors (Lipinski definition) is 2. The Morgan fingerprint density at radius 3 is 2.25 bits per heavy atom. The van der Waals surface area contributed by atoms with Crippen molar-refractivity contribution < 1.29 is 4.79 Å². The Labute approximate surface area is 125 Å². The molecule has 0 fully saturated rings. The fourth-order valence-electron chi connectivity index (χ4n) is 2.22. The quantitative estimate of drug-likeness (QED) is 0.541. The second kappa shape index (κ2) is 13.2. The highest BCUT2D eigenvalue weighted by Crippen LogP contribution is 2.16. The van der Waals surface area contributed by atoms with Crippen molar-refractivity contribution in [3.8, 4) is 0 Å². The average Bonchev–Trinajstić information content (AvgIpc) is 2.41. The number of urea groups is 1. The van der Waals surface area contributed by atoms with Gasteiger partial charge in [0.15, 0.2) is 0 Å². The number of amides is 2. The van der Waals surface area contributed by atoms with Gasteiger partial charge in [-0.2, -0.15) is 0 Å². The summed E-state index contributed by atoms with van der Waals surface area (Å²) in [5.74, 6) is 0.640. The number of rotatable bonds is 12. The molecule has 0 aliphatic rings. The standard InChI is InChI=1S/C16H35N3O/c1-5-7-9-11-15(10-8-6-2)14-18-16(20)17-12-13-19(3)4/h15H,5-14H2,1-4H3,(H2,17,18,20). The molecule has 0 saturated heterocycles. The minimum atomic E-state index is -0.0242. The van der Waals surface area contributed by atoms with Gasteiger partial charge in [-0.1, -0.05) is 46.0 Å². The van der Waals surface area contributed by atoms with Crippen molar-refractivity contribution in [1.29, 1.82) is 0 Å². The molecule has 0 aromatic heterocycles. The Morgan fingerprint density at radius 1 is 1.00 bits per heavy atom. The predicted octanol–water partition coefficient (Wildman–Crippen LogP) is 3.23. The third-order valence-electron chi connectivity index (χ3n) is 3.58. The molecule has 2 N–H and O–H groups in total. The van der Waals surface area contributed by atoms with Crippen molar-refractivity contribution in [3.63, 3.8) is 0 Å². The van der Waals surface area contributed by atoms with Gasteiger partial charge in [0.1, 0.15) is 0 Å². The lowest BCUT2D eigenvalue weighted by atomic mass is 9.95. The van der Waals surface area contributed by atoms with Crippen molar-refractivity contribution in [2.45, 2.75) is 58.8 Å². The zero-order valence-corrected chi connectivity index (χ0v) is 14.0. The molecular weight excluding hydrogens is 250 g/mol. The van der Waals surface area contributed by atoms with Crippen LogP contribution < -0.4 is 10.6 Å². The highest BCUT2D eigenvalue weighted by molar-refractivity contribution is 5.73. The van der Waals surface area contributed by atoms with E-state index in [4.69, 9.17) is 0 Å². The summed E-state index contributed by atoms with van der Waals surface area (Å²) in [5.41, 5.74) is 0. The Morgan fingerprint density at radius 2 is 1.65 bits per heavy atom. The van der Waals surface area contributed by atoms with Gasteiger partial charge in [-0.05, 0) is 32.9 Å². The van der Waals surface area contributed by atoms with Crippen molar-refractivity contribution in [1.82, 2.24) is 15.5 Å². The maximum Gasteiger partial charge on any atom is 0.314 e. The van der Waals surface area contributed by atoms with Crippen LogP contribution in [-0.2, 0) is 0 Å².